The third kappa shape index (κ3) is 3.69. The van der Waals surface area contributed by atoms with Gasteiger partial charge in [0.2, 0.25) is 10.0 Å². The lowest BCUT2D eigenvalue weighted by Gasteiger charge is -2.27. The zero-order valence-corrected chi connectivity index (χ0v) is 14.2. The van der Waals surface area contributed by atoms with Gasteiger partial charge in [-0.25, -0.2) is 8.42 Å². The molecule has 1 fully saturated rings. The van der Waals surface area contributed by atoms with Crippen molar-refractivity contribution in [1.82, 2.24) is 4.31 Å². The highest BCUT2D eigenvalue weighted by Crippen LogP contribution is 2.37. The largest absolute Gasteiger partial charge is 0.495 e. The molecule has 1 aliphatic carbocycles. The van der Waals surface area contributed by atoms with Gasteiger partial charge in [-0.05, 0) is 43.4 Å². The monoisotopic (exact) mass is 334 g/mol. The van der Waals surface area contributed by atoms with E-state index in [4.69, 9.17) is 10.5 Å². The second-order valence-electron chi connectivity index (χ2n) is 5.32. The second kappa shape index (κ2) is 6.96. The van der Waals surface area contributed by atoms with Gasteiger partial charge in [0.05, 0.1) is 7.11 Å². The van der Waals surface area contributed by atoms with Crippen LogP contribution < -0.4 is 10.5 Å². The van der Waals surface area contributed by atoms with Gasteiger partial charge in [0, 0.05) is 19.6 Å². The maximum Gasteiger partial charge on any atom is 0.246 e. The summed E-state index contributed by atoms with van der Waals surface area (Å²) in [7, 11) is -0.511. The van der Waals surface area contributed by atoms with Crippen molar-refractivity contribution in [3.63, 3.8) is 0 Å². The van der Waals surface area contributed by atoms with Crippen LogP contribution in [0.25, 0.3) is 0 Å². The highest BCUT2D eigenvalue weighted by Gasteiger charge is 2.39. The molecule has 0 aromatic heterocycles. The van der Waals surface area contributed by atoms with Crippen LogP contribution in [-0.2, 0) is 10.0 Å². The number of ether oxygens (including phenoxy) is 1. The van der Waals surface area contributed by atoms with E-state index in [-0.39, 0.29) is 23.3 Å². The molecule has 0 amide bonds. The van der Waals surface area contributed by atoms with Crippen molar-refractivity contribution in [3.8, 4) is 5.75 Å². The Balaban J connectivity index is 0.00000220. The molecule has 0 bridgehead atoms. The molecule has 21 heavy (non-hydrogen) atoms. The fourth-order valence-electron chi connectivity index (χ4n) is 2.44. The first-order valence-electron chi connectivity index (χ1n) is 6.74. The van der Waals surface area contributed by atoms with Crippen molar-refractivity contribution >= 4 is 22.4 Å². The third-order valence-corrected chi connectivity index (χ3v) is 5.75. The number of sulfonamides is 1. The Labute approximate surface area is 132 Å². The number of rotatable bonds is 6. The summed E-state index contributed by atoms with van der Waals surface area (Å²) in [5.41, 5.74) is 6.64. The Hall–Kier alpha value is -0.820. The molecule has 1 aromatic rings. The Morgan fingerprint density at radius 1 is 1.43 bits per heavy atom. The zero-order valence-electron chi connectivity index (χ0n) is 12.6. The molecule has 120 valence electrons. The zero-order chi connectivity index (χ0) is 14.9. The molecule has 1 aliphatic rings. The predicted molar refractivity (Wildman–Crippen MR) is 85.5 cm³/mol. The number of hydrogen-bond acceptors (Lipinski definition) is 4. The van der Waals surface area contributed by atoms with Crippen LogP contribution in [0.2, 0.25) is 0 Å². The summed E-state index contributed by atoms with van der Waals surface area (Å²) in [6.07, 6.45) is 2.10. The van der Waals surface area contributed by atoms with E-state index in [0.29, 0.717) is 18.2 Å². The molecule has 7 heteroatoms. The predicted octanol–water partition coefficient (Wildman–Crippen LogP) is 1.78. The first kappa shape index (κ1) is 18.2. The standard InChI is InChI=1S/C14H22N2O3S.ClH/c1-10-4-7-13(19-3)14(8-10)20(17,18)16(2)12(9-15)11-5-6-11;/h4,7-8,11-12H,5-6,9,15H2,1-3H3;1H. The van der Waals surface area contributed by atoms with E-state index in [9.17, 15) is 8.42 Å². The van der Waals surface area contributed by atoms with Gasteiger partial charge in [-0.3, -0.25) is 0 Å². The van der Waals surface area contributed by atoms with Crippen LogP contribution in [0.4, 0.5) is 0 Å². The van der Waals surface area contributed by atoms with Crippen molar-refractivity contribution in [1.29, 1.82) is 0 Å². The summed E-state index contributed by atoms with van der Waals surface area (Å²) in [5, 5.41) is 0. The van der Waals surface area contributed by atoms with Gasteiger partial charge in [0.1, 0.15) is 10.6 Å². The quantitative estimate of drug-likeness (QED) is 0.860. The summed E-state index contributed by atoms with van der Waals surface area (Å²) >= 11 is 0. The number of aryl methyl sites for hydroxylation is 1. The molecule has 1 unspecified atom stereocenters. The smallest absolute Gasteiger partial charge is 0.246 e. The molecule has 0 heterocycles. The molecule has 2 rings (SSSR count). The number of hydrogen-bond donors (Lipinski definition) is 1. The normalized spacial score (nSPS) is 16.4. The van der Waals surface area contributed by atoms with E-state index in [1.165, 1.54) is 11.4 Å². The van der Waals surface area contributed by atoms with Gasteiger partial charge < -0.3 is 10.5 Å². The maximum atomic E-state index is 12.8. The van der Waals surface area contributed by atoms with E-state index in [0.717, 1.165) is 18.4 Å². The van der Waals surface area contributed by atoms with Crippen LogP contribution in [0.5, 0.6) is 5.75 Å². The molecule has 2 N–H and O–H groups in total. The third-order valence-electron chi connectivity index (χ3n) is 3.85. The number of methoxy groups -OCH3 is 1. The minimum Gasteiger partial charge on any atom is -0.495 e. The molecular formula is C14H23ClN2O3S. The number of nitrogens with zero attached hydrogens (tertiary/aromatic N) is 1. The molecule has 5 nitrogen and oxygen atoms in total. The number of nitrogens with two attached hydrogens (primary N) is 1. The number of halogens is 1. The molecule has 0 saturated heterocycles. The molecule has 1 saturated carbocycles. The first-order chi connectivity index (χ1) is 9.41. The lowest BCUT2D eigenvalue weighted by molar-refractivity contribution is 0.337. The van der Waals surface area contributed by atoms with Crippen LogP contribution in [0.15, 0.2) is 23.1 Å². The van der Waals surface area contributed by atoms with Gasteiger partial charge >= 0.3 is 0 Å². The van der Waals surface area contributed by atoms with Crippen molar-refractivity contribution in [2.45, 2.75) is 30.7 Å². The maximum absolute atomic E-state index is 12.8. The van der Waals surface area contributed by atoms with E-state index >= 15 is 0 Å². The van der Waals surface area contributed by atoms with Crippen molar-refractivity contribution in [3.05, 3.63) is 23.8 Å². The van der Waals surface area contributed by atoms with E-state index < -0.39 is 10.0 Å². The van der Waals surface area contributed by atoms with E-state index in [1.807, 2.05) is 13.0 Å². The van der Waals surface area contributed by atoms with Crippen LogP contribution in [0, 0.1) is 12.8 Å². The number of likely N-dealkylation sites (N-methyl/N-ethyl adjacent to an activating group) is 1. The highest BCUT2D eigenvalue weighted by molar-refractivity contribution is 7.89. The fraction of sp³-hybridized carbons (Fsp3) is 0.571. The topological polar surface area (TPSA) is 72.6 Å². The van der Waals surface area contributed by atoms with Crippen molar-refractivity contribution in [2.75, 3.05) is 20.7 Å². The van der Waals surface area contributed by atoms with Crippen molar-refractivity contribution in [2.24, 2.45) is 11.7 Å². The molecule has 0 radical (unpaired) electrons. The number of benzene rings is 1. The lowest BCUT2D eigenvalue weighted by atomic mass is 10.2. The fourth-order valence-corrected chi connectivity index (χ4v) is 4.10. The molecular weight excluding hydrogens is 312 g/mol. The summed E-state index contributed by atoms with van der Waals surface area (Å²) in [6.45, 7) is 2.20. The van der Waals surface area contributed by atoms with Gasteiger partial charge in [0.25, 0.3) is 0 Å². The Bertz CT molecular complexity index is 588. The molecule has 0 aliphatic heterocycles. The average molecular weight is 335 g/mol. The van der Waals surface area contributed by atoms with Gasteiger partial charge in [-0.1, -0.05) is 6.07 Å². The average Bonchev–Trinajstić information content (AvgIpc) is 3.24. The van der Waals surface area contributed by atoms with Gasteiger partial charge in [0.15, 0.2) is 0 Å². The lowest BCUT2D eigenvalue weighted by Crippen LogP contribution is -2.43. The summed E-state index contributed by atoms with van der Waals surface area (Å²) in [4.78, 5) is 0.210. The Morgan fingerprint density at radius 2 is 2.05 bits per heavy atom. The van der Waals surface area contributed by atoms with Crippen LogP contribution in [0.3, 0.4) is 0 Å². The minimum atomic E-state index is -3.59. The highest BCUT2D eigenvalue weighted by atomic mass is 35.5. The van der Waals surface area contributed by atoms with Crippen LogP contribution in [0.1, 0.15) is 18.4 Å². The Kier molecular flexibility index (Phi) is 6.04. The second-order valence-corrected chi connectivity index (χ2v) is 7.28. The molecule has 1 atom stereocenters. The van der Waals surface area contributed by atoms with Crippen LogP contribution >= 0.6 is 12.4 Å². The molecule has 1 aromatic carbocycles. The first-order valence-corrected chi connectivity index (χ1v) is 8.18. The SMILES string of the molecule is COc1ccc(C)cc1S(=O)(=O)N(C)C(CN)C1CC1.Cl. The summed E-state index contributed by atoms with van der Waals surface area (Å²) < 4.78 is 32.2. The van der Waals surface area contributed by atoms with Crippen molar-refractivity contribution < 1.29 is 13.2 Å². The van der Waals surface area contributed by atoms with Crippen LogP contribution in [-0.4, -0.2) is 39.5 Å². The summed E-state index contributed by atoms with van der Waals surface area (Å²) in [5.74, 6) is 0.754. The summed E-state index contributed by atoms with van der Waals surface area (Å²) in [6, 6.07) is 5.03. The Morgan fingerprint density at radius 3 is 2.52 bits per heavy atom. The van der Waals surface area contributed by atoms with E-state index in [2.05, 4.69) is 0 Å². The minimum absolute atomic E-state index is 0. The molecule has 0 spiro atoms. The van der Waals surface area contributed by atoms with Gasteiger partial charge in [-0.15, -0.1) is 12.4 Å². The van der Waals surface area contributed by atoms with Gasteiger partial charge in [-0.2, -0.15) is 4.31 Å². The van der Waals surface area contributed by atoms with E-state index in [1.54, 1.807) is 19.2 Å².